The number of unbranched alkanes of at least 4 members (excludes halogenated alkanes) is 3. The highest BCUT2D eigenvalue weighted by atomic mass is 35.5. The molecule has 0 aliphatic rings. The van der Waals surface area contributed by atoms with Gasteiger partial charge in [-0.3, -0.25) is 0 Å². The number of ether oxygens (including phenoxy) is 1. The third-order valence-electron chi connectivity index (χ3n) is 2.50. The molecule has 0 spiro atoms. The molecule has 0 aliphatic carbocycles. The zero-order valence-electron chi connectivity index (χ0n) is 10.0. The summed E-state index contributed by atoms with van der Waals surface area (Å²) < 4.78 is 6.33. The third-order valence-corrected chi connectivity index (χ3v) is 3.59. The van der Waals surface area contributed by atoms with E-state index in [9.17, 15) is 0 Å². The Morgan fingerprint density at radius 2 is 2.25 bits per heavy atom. The lowest BCUT2D eigenvalue weighted by Crippen LogP contribution is -2.07. The van der Waals surface area contributed by atoms with Crippen molar-refractivity contribution in [1.29, 1.82) is 0 Å². The lowest BCUT2D eigenvalue weighted by atomic mass is 10.1. The van der Waals surface area contributed by atoms with E-state index in [1.807, 2.05) is 0 Å². The van der Waals surface area contributed by atoms with E-state index in [-0.39, 0.29) is 0 Å². The van der Waals surface area contributed by atoms with E-state index in [1.165, 1.54) is 37.0 Å². The molecule has 0 radical (unpaired) electrons. The first kappa shape index (κ1) is 13.9. The molecule has 0 N–H and O–H groups in total. The summed E-state index contributed by atoms with van der Waals surface area (Å²) in [5.41, 5.74) is 0. The van der Waals surface area contributed by atoms with Crippen LogP contribution in [0.1, 0.15) is 50.8 Å². The van der Waals surface area contributed by atoms with E-state index in [0.29, 0.717) is 17.2 Å². The van der Waals surface area contributed by atoms with Gasteiger partial charge >= 0.3 is 0 Å². The van der Waals surface area contributed by atoms with Gasteiger partial charge in [-0.15, -0.1) is 11.3 Å². The van der Waals surface area contributed by atoms with Crippen molar-refractivity contribution in [2.75, 3.05) is 0 Å². The minimum atomic E-state index is 0.331. The molecule has 1 aromatic heterocycles. The van der Waals surface area contributed by atoms with Crippen LogP contribution in [-0.2, 0) is 11.3 Å². The van der Waals surface area contributed by atoms with E-state index in [1.54, 1.807) is 6.20 Å². The van der Waals surface area contributed by atoms with Gasteiger partial charge in [0.05, 0.1) is 17.6 Å². The molecular formula is C12H20ClNOS. The monoisotopic (exact) mass is 261 g/mol. The van der Waals surface area contributed by atoms with Gasteiger partial charge in [0.15, 0.2) is 4.47 Å². The Bertz CT molecular complexity index is 290. The van der Waals surface area contributed by atoms with Crippen LogP contribution in [0.25, 0.3) is 0 Å². The second-order valence-corrected chi connectivity index (χ2v) is 5.75. The Morgan fingerprint density at radius 3 is 2.88 bits per heavy atom. The van der Waals surface area contributed by atoms with Crippen LogP contribution in [0.15, 0.2) is 6.20 Å². The number of halogens is 1. The molecule has 1 atom stereocenters. The molecular weight excluding hydrogens is 242 g/mol. The van der Waals surface area contributed by atoms with Crippen LogP contribution in [0.3, 0.4) is 0 Å². The summed E-state index contributed by atoms with van der Waals surface area (Å²) in [6.45, 7) is 5.00. The van der Waals surface area contributed by atoms with Crippen LogP contribution in [0.5, 0.6) is 0 Å². The molecule has 92 valence electrons. The van der Waals surface area contributed by atoms with Crippen molar-refractivity contribution in [3.8, 4) is 0 Å². The Labute approximate surface area is 107 Å². The van der Waals surface area contributed by atoms with Crippen LogP contribution >= 0.6 is 22.9 Å². The SMILES string of the molecule is CCCCCCC(C)OCc1cnc(Cl)s1. The molecule has 0 aromatic carbocycles. The summed E-state index contributed by atoms with van der Waals surface area (Å²) in [4.78, 5) is 5.09. The van der Waals surface area contributed by atoms with Crippen molar-refractivity contribution in [2.45, 2.75) is 58.7 Å². The molecule has 2 nitrogen and oxygen atoms in total. The average Bonchev–Trinajstić information content (AvgIpc) is 2.68. The van der Waals surface area contributed by atoms with Gasteiger partial charge in [-0.2, -0.15) is 0 Å². The minimum absolute atomic E-state index is 0.331. The highest BCUT2D eigenvalue weighted by Gasteiger charge is 2.04. The Morgan fingerprint density at radius 1 is 1.44 bits per heavy atom. The fraction of sp³-hybridized carbons (Fsp3) is 0.750. The predicted octanol–water partition coefficient (Wildman–Crippen LogP) is 4.67. The summed E-state index contributed by atoms with van der Waals surface area (Å²) >= 11 is 7.24. The summed E-state index contributed by atoms with van der Waals surface area (Å²) in [7, 11) is 0. The van der Waals surface area contributed by atoms with Gasteiger partial charge in [0, 0.05) is 6.20 Å². The summed E-state index contributed by atoms with van der Waals surface area (Å²) in [5.74, 6) is 0. The topological polar surface area (TPSA) is 22.1 Å². The normalized spacial score (nSPS) is 12.9. The van der Waals surface area contributed by atoms with Crippen molar-refractivity contribution in [3.05, 3.63) is 15.5 Å². The molecule has 0 fully saturated rings. The smallest absolute Gasteiger partial charge is 0.183 e. The third kappa shape index (κ3) is 5.83. The molecule has 0 amide bonds. The molecule has 0 saturated heterocycles. The van der Waals surface area contributed by atoms with E-state index < -0.39 is 0 Å². The maximum absolute atomic E-state index is 5.75. The highest BCUT2D eigenvalue weighted by Crippen LogP contribution is 2.19. The van der Waals surface area contributed by atoms with Gasteiger partial charge in [0.25, 0.3) is 0 Å². The van der Waals surface area contributed by atoms with Crippen LogP contribution < -0.4 is 0 Å². The van der Waals surface area contributed by atoms with E-state index in [2.05, 4.69) is 18.8 Å². The van der Waals surface area contributed by atoms with Crippen molar-refractivity contribution in [1.82, 2.24) is 4.98 Å². The van der Waals surface area contributed by atoms with E-state index in [4.69, 9.17) is 16.3 Å². The maximum atomic E-state index is 5.75. The van der Waals surface area contributed by atoms with Crippen LogP contribution in [-0.4, -0.2) is 11.1 Å². The van der Waals surface area contributed by atoms with Crippen LogP contribution in [0.2, 0.25) is 4.47 Å². The molecule has 1 heterocycles. The molecule has 16 heavy (non-hydrogen) atoms. The number of aromatic nitrogens is 1. The Hall–Kier alpha value is -0.120. The molecule has 0 saturated carbocycles. The van der Waals surface area contributed by atoms with Gasteiger partial charge in [0.2, 0.25) is 0 Å². The largest absolute Gasteiger partial charge is 0.373 e. The van der Waals surface area contributed by atoms with Gasteiger partial charge in [-0.25, -0.2) is 4.98 Å². The number of hydrogen-bond acceptors (Lipinski definition) is 3. The van der Waals surface area contributed by atoms with Gasteiger partial charge in [0.1, 0.15) is 0 Å². The first-order valence-electron chi connectivity index (χ1n) is 5.94. The molecule has 1 aromatic rings. The number of hydrogen-bond donors (Lipinski definition) is 0. The van der Waals surface area contributed by atoms with E-state index in [0.717, 1.165) is 11.3 Å². The Balaban J connectivity index is 2.08. The van der Waals surface area contributed by atoms with Crippen LogP contribution in [0, 0.1) is 0 Å². The summed E-state index contributed by atoms with van der Waals surface area (Å²) in [6, 6.07) is 0. The molecule has 0 bridgehead atoms. The quantitative estimate of drug-likeness (QED) is 0.635. The van der Waals surface area contributed by atoms with E-state index >= 15 is 0 Å². The lowest BCUT2D eigenvalue weighted by molar-refractivity contribution is 0.0474. The first-order valence-corrected chi connectivity index (χ1v) is 7.13. The summed E-state index contributed by atoms with van der Waals surface area (Å²) in [6.07, 6.45) is 8.46. The zero-order valence-corrected chi connectivity index (χ0v) is 11.6. The van der Waals surface area contributed by atoms with Gasteiger partial charge in [-0.05, 0) is 13.3 Å². The second-order valence-electron chi connectivity index (χ2n) is 4.05. The molecule has 1 rings (SSSR count). The molecule has 1 unspecified atom stereocenters. The fourth-order valence-corrected chi connectivity index (χ4v) is 2.42. The zero-order chi connectivity index (χ0) is 11.8. The maximum Gasteiger partial charge on any atom is 0.183 e. The Kier molecular flexibility index (Phi) is 7.01. The first-order chi connectivity index (χ1) is 7.72. The number of nitrogens with zero attached hydrogens (tertiary/aromatic N) is 1. The highest BCUT2D eigenvalue weighted by molar-refractivity contribution is 7.15. The minimum Gasteiger partial charge on any atom is -0.373 e. The molecule has 0 aliphatic heterocycles. The standard InChI is InChI=1S/C12H20ClNOS/c1-3-4-5-6-7-10(2)15-9-11-8-14-12(13)16-11/h8,10H,3-7,9H2,1-2H3. The van der Waals surface area contributed by atoms with Crippen molar-refractivity contribution in [3.63, 3.8) is 0 Å². The molecule has 4 heteroatoms. The van der Waals surface area contributed by atoms with Crippen molar-refractivity contribution >= 4 is 22.9 Å². The van der Waals surface area contributed by atoms with Crippen molar-refractivity contribution in [2.24, 2.45) is 0 Å². The average molecular weight is 262 g/mol. The number of thiazole rings is 1. The van der Waals surface area contributed by atoms with Gasteiger partial charge < -0.3 is 4.74 Å². The van der Waals surface area contributed by atoms with Crippen molar-refractivity contribution < 1.29 is 4.74 Å². The van der Waals surface area contributed by atoms with Crippen LogP contribution in [0.4, 0.5) is 0 Å². The number of rotatable bonds is 8. The predicted molar refractivity (Wildman–Crippen MR) is 70.1 cm³/mol. The second kappa shape index (κ2) is 8.04. The fourth-order valence-electron chi connectivity index (χ4n) is 1.52. The lowest BCUT2D eigenvalue weighted by Gasteiger charge is -2.11. The summed E-state index contributed by atoms with van der Waals surface area (Å²) in [5, 5.41) is 0. The van der Waals surface area contributed by atoms with Gasteiger partial charge in [-0.1, -0.05) is 44.2 Å².